The summed E-state index contributed by atoms with van der Waals surface area (Å²) in [4.78, 5) is 20.5. The molecule has 6 heteroatoms. The molecule has 3 aromatic rings. The molecule has 0 spiro atoms. The van der Waals surface area contributed by atoms with Crippen LogP contribution in [-0.4, -0.2) is 22.6 Å². The highest BCUT2D eigenvalue weighted by Gasteiger charge is 2.20. The average Bonchev–Trinajstić information content (AvgIpc) is 3.43. The van der Waals surface area contributed by atoms with E-state index in [-0.39, 0.29) is 6.42 Å². The molecule has 0 radical (unpaired) electrons. The van der Waals surface area contributed by atoms with Crippen molar-refractivity contribution in [3.05, 3.63) is 68.4 Å². The molecular weight excluding hydrogens is 436 g/mol. The number of thiophene rings is 1. The number of thiazole rings is 1. The zero-order valence-corrected chi connectivity index (χ0v) is 21.0. The van der Waals surface area contributed by atoms with Gasteiger partial charge in [-0.05, 0) is 45.7 Å². The summed E-state index contributed by atoms with van der Waals surface area (Å²) in [5.74, 6) is -0.166. The molecule has 1 fully saturated rings. The maximum Gasteiger partial charge on any atom is 0.305 e. The third-order valence-electron chi connectivity index (χ3n) is 5.76. The SMILES string of the molecule is Cc1ccc(C)cc1.Cc1ccc(CN(CCC(=O)O)c2nc(C3CCCCC3)cs2)s1. The quantitative estimate of drug-likeness (QED) is 0.392. The van der Waals surface area contributed by atoms with Crippen LogP contribution in [0, 0.1) is 20.8 Å². The maximum absolute atomic E-state index is 11.0. The number of carboxylic acid groups (broad SMARTS) is 1. The minimum atomic E-state index is -0.758. The monoisotopic (exact) mass is 470 g/mol. The van der Waals surface area contributed by atoms with Gasteiger partial charge in [0, 0.05) is 27.6 Å². The van der Waals surface area contributed by atoms with E-state index in [0.29, 0.717) is 12.5 Å². The lowest BCUT2D eigenvalue weighted by atomic mass is 9.87. The number of carbonyl (C=O) groups is 1. The molecule has 1 aromatic carbocycles. The third kappa shape index (κ3) is 7.75. The van der Waals surface area contributed by atoms with E-state index in [1.165, 1.54) is 58.7 Å². The van der Waals surface area contributed by atoms with Crippen molar-refractivity contribution in [1.29, 1.82) is 0 Å². The number of aliphatic carboxylic acids is 1. The second-order valence-corrected chi connectivity index (χ2v) is 10.8. The molecule has 1 aliphatic rings. The fourth-order valence-corrected chi connectivity index (χ4v) is 5.72. The predicted octanol–water partition coefficient (Wildman–Crippen LogP) is 7.35. The van der Waals surface area contributed by atoms with Crippen molar-refractivity contribution in [1.82, 2.24) is 4.98 Å². The van der Waals surface area contributed by atoms with Crippen molar-refractivity contribution in [2.45, 2.75) is 71.8 Å². The van der Waals surface area contributed by atoms with Gasteiger partial charge in [0.05, 0.1) is 18.7 Å². The molecule has 0 amide bonds. The topological polar surface area (TPSA) is 53.4 Å². The van der Waals surface area contributed by atoms with Crippen molar-refractivity contribution < 1.29 is 9.90 Å². The summed E-state index contributed by atoms with van der Waals surface area (Å²) >= 11 is 3.42. The van der Waals surface area contributed by atoms with Crippen LogP contribution in [0.4, 0.5) is 5.13 Å². The summed E-state index contributed by atoms with van der Waals surface area (Å²) in [5.41, 5.74) is 3.86. The van der Waals surface area contributed by atoms with E-state index >= 15 is 0 Å². The fraction of sp³-hybridized carbons (Fsp3) is 0.462. The molecule has 1 saturated carbocycles. The highest BCUT2D eigenvalue weighted by atomic mass is 32.1. The van der Waals surface area contributed by atoms with Gasteiger partial charge in [0.15, 0.2) is 5.13 Å². The Morgan fingerprint density at radius 2 is 1.69 bits per heavy atom. The van der Waals surface area contributed by atoms with Crippen LogP contribution in [0.1, 0.15) is 71.0 Å². The molecule has 0 saturated heterocycles. The van der Waals surface area contributed by atoms with Gasteiger partial charge in [0.2, 0.25) is 0 Å². The van der Waals surface area contributed by atoms with Gasteiger partial charge in [-0.3, -0.25) is 4.79 Å². The van der Waals surface area contributed by atoms with E-state index in [4.69, 9.17) is 10.1 Å². The molecule has 4 rings (SSSR count). The van der Waals surface area contributed by atoms with Crippen LogP contribution in [0.3, 0.4) is 0 Å². The molecule has 1 aliphatic carbocycles. The summed E-state index contributed by atoms with van der Waals surface area (Å²) in [7, 11) is 0. The first-order valence-corrected chi connectivity index (χ1v) is 13.1. The highest BCUT2D eigenvalue weighted by molar-refractivity contribution is 7.14. The normalized spacial score (nSPS) is 14.0. The second kappa shape index (κ2) is 12.2. The van der Waals surface area contributed by atoms with Gasteiger partial charge in [0.1, 0.15) is 0 Å². The number of aromatic nitrogens is 1. The van der Waals surface area contributed by atoms with Gasteiger partial charge in [-0.2, -0.15) is 0 Å². The first-order valence-electron chi connectivity index (χ1n) is 11.4. The van der Waals surface area contributed by atoms with Crippen molar-refractivity contribution in [3.63, 3.8) is 0 Å². The predicted molar refractivity (Wildman–Crippen MR) is 136 cm³/mol. The Balaban J connectivity index is 0.000000305. The van der Waals surface area contributed by atoms with Crippen molar-refractivity contribution >= 4 is 33.8 Å². The molecule has 172 valence electrons. The van der Waals surface area contributed by atoms with Crippen LogP contribution < -0.4 is 4.90 Å². The first kappa shape index (κ1) is 24.5. The Hall–Kier alpha value is -2.18. The Morgan fingerprint density at radius 3 is 2.25 bits per heavy atom. The van der Waals surface area contributed by atoms with Crippen LogP contribution in [0.5, 0.6) is 0 Å². The van der Waals surface area contributed by atoms with Gasteiger partial charge in [-0.15, -0.1) is 22.7 Å². The molecule has 32 heavy (non-hydrogen) atoms. The number of anilines is 1. The lowest BCUT2D eigenvalue weighted by Crippen LogP contribution is -2.25. The van der Waals surface area contributed by atoms with E-state index in [0.717, 1.165) is 11.7 Å². The number of aryl methyl sites for hydroxylation is 3. The molecular formula is C26H34N2O2S2. The molecule has 1 N–H and O–H groups in total. The standard InChI is InChI=1S/C18H24N2O2S2.C8H10/c1-13-7-8-15(24-13)11-20(10-9-17(21)22)18-19-16(12-23-18)14-5-3-2-4-6-14;1-7-3-5-8(2)6-4-7/h7-8,12,14H,2-6,9-11H2,1H3,(H,21,22);3-6H,1-2H3. The van der Waals surface area contributed by atoms with E-state index in [2.05, 4.69) is 67.4 Å². The summed E-state index contributed by atoms with van der Waals surface area (Å²) in [6.07, 6.45) is 6.56. The smallest absolute Gasteiger partial charge is 0.305 e. The zero-order chi connectivity index (χ0) is 22.9. The van der Waals surface area contributed by atoms with E-state index < -0.39 is 5.97 Å². The lowest BCUT2D eigenvalue weighted by Gasteiger charge is -2.21. The zero-order valence-electron chi connectivity index (χ0n) is 19.3. The molecule has 0 bridgehead atoms. The number of benzene rings is 1. The van der Waals surface area contributed by atoms with Gasteiger partial charge >= 0.3 is 5.97 Å². The molecule has 0 unspecified atom stereocenters. The number of carboxylic acids is 1. The minimum Gasteiger partial charge on any atom is -0.481 e. The minimum absolute atomic E-state index is 0.142. The van der Waals surface area contributed by atoms with Crippen LogP contribution in [0.25, 0.3) is 0 Å². The van der Waals surface area contributed by atoms with Gasteiger partial charge in [0.25, 0.3) is 0 Å². The van der Waals surface area contributed by atoms with Crippen LogP contribution in [0.2, 0.25) is 0 Å². The van der Waals surface area contributed by atoms with Crippen LogP contribution in [-0.2, 0) is 11.3 Å². The second-order valence-electron chi connectivity index (χ2n) is 8.62. The molecule has 2 heterocycles. The summed E-state index contributed by atoms with van der Waals surface area (Å²) < 4.78 is 0. The Bertz CT molecular complexity index is 951. The first-order chi connectivity index (χ1) is 15.4. The summed E-state index contributed by atoms with van der Waals surface area (Å²) in [6, 6.07) is 12.7. The highest BCUT2D eigenvalue weighted by Crippen LogP contribution is 2.35. The van der Waals surface area contributed by atoms with Crippen molar-refractivity contribution in [3.8, 4) is 0 Å². The van der Waals surface area contributed by atoms with Crippen LogP contribution in [0.15, 0.2) is 41.8 Å². The lowest BCUT2D eigenvalue weighted by molar-refractivity contribution is -0.136. The van der Waals surface area contributed by atoms with Gasteiger partial charge < -0.3 is 10.0 Å². The molecule has 4 nitrogen and oxygen atoms in total. The third-order valence-corrected chi connectivity index (χ3v) is 7.67. The van der Waals surface area contributed by atoms with E-state index in [9.17, 15) is 4.79 Å². The Morgan fingerprint density at radius 1 is 1.03 bits per heavy atom. The fourth-order valence-electron chi connectivity index (χ4n) is 3.88. The molecule has 0 aliphatic heterocycles. The average molecular weight is 471 g/mol. The number of hydrogen-bond acceptors (Lipinski definition) is 5. The van der Waals surface area contributed by atoms with Crippen LogP contribution >= 0.6 is 22.7 Å². The molecule has 2 aromatic heterocycles. The summed E-state index contributed by atoms with van der Waals surface area (Å²) in [5, 5.41) is 12.2. The maximum atomic E-state index is 11.0. The number of rotatable bonds is 7. The van der Waals surface area contributed by atoms with E-state index in [1.54, 1.807) is 22.7 Å². The van der Waals surface area contributed by atoms with Gasteiger partial charge in [-0.1, -0.05) is 54.7 Å². The van der Waals surface area contributed by atoms with Gasteiger partial charge in [-0.25, -0.2) is 4.98 Å². The Labute approximate surface area is 200 Å². The number of nitrogens with zero attached hydrogens (tertiary/aromatic N) is 2. The summed E-state index contributed by atoms with van der Waals surface area (Å²) in [6.45, 7) is 7.53. The van der Waals surface area contributed by atoms with E-state index in [1.807, 2.05) is 0 Å². The Kier molecular flexibility index (Phi) is 9.30. The number of hydrogen-bond donors (Lipinski definition) is 1. The largest absolute Gasteiger partial charge is 0.481 e. The van der Waals surface area contributed by atoms with Crippen molar-refractivity contribution in [2.24, 2.45) is 0 Å². The molecule has 0 atom stereocenters. The van der Waals surface area contributed by atoms with Crippen molar-refractivity contribution in [2.75, 3.05) is 11.4 Å².